The minimum Gasteiger partial charge on any atom is -0.465 e. The van der Waals surface area contributed by atoms with Crippen LogP contribution in [0.4, 0.5) is 11.4 Å². The molecule has 0 saturated carbocycles. The molecule has 0 aliphatic carbocycles. The third-order valence-corrected chi connectivity index (χ3v) is 3.88. The van der Waals surface area contributed by atoms with Crippen molar-refractivity contribution < 1.29 is 33.6 Å². The maximum Gasteiger partial charge on any atom is 0.310 e. The Morgan fingerprint density at radius 2 is 2.00 bits per heavy atom. The van der Waals surface area contributed by atoms with E-state index >= 15 is 0 Å². The molecule has 0 amide bonds. The summed E-state index contributed by atoms with van der Waals surface area (Å²) in [5.74, 6) is -1.27. The molecular weight excluding hydrogens is 376 g/mol. The van der Waals surface area contributed by atoms with Crippen LogP contribution in [0.5, 0.6) is 0 Å². The smallest absolute Gasteiger partial charge is 0.310 e. The zero-order chi connectivity index (χ0) is 20.7. The summed E-state index contributed by atoms with van der Waals surface area (Å²) in [4.78, 5) is 32.1. The topological polar surface area (TPSA) is 140 Å². The maximum absolute atomic E-state index is 11.9. The third-order valence-electron chi connectivity index (χ3n) is 3.88. The van der Waals surface area contributed by atoms with E-state index in [1.165, 1.54) is 6.07 Å². The highest BCUT2D eigenvalue weighted by molar-refractivity contribution is 5.74. The van der Waals surface area contributed by atoms with Gasteiger partial charge in [0, 0.05) is 24.7 Å². The van der Waals surface area contributed by atoms with Crippen LogP contribution in [0.3, 0.4) is 0 Å². The molecule has 1 heterocycles. The van der Waals surface area contributed by atoms with Crippen LogP contribution < -0.4 is 0 Å². The van der Waals surface area contributed by atoms with E-state index in [4.69, 9.17) is 18.9 Å². The van der Waals surface area contributed by atoms with E-state index in [1.54, 1.807) is 0 Å². The summed E-state index contributed by atoms with van der Waals surface area (Å²) in [5, 5.41) is 21.8. The number of rotatable bonds is 10. The van der Waals surface area contributed by atoms with Gasteiger partial charge in [-0.3, -0.25) is 25.0 Å². The molecule has 0 aromatic heterocycles. The van der Waals surface area contributed by atoms with E-state index in [1.807, 2.05) is 13.8 Å². The van der Waals surface area contributed by atoms with Crippen molar-refractivity contribution in [1.29, 1.82) is 0 Å². The number of ether oxygens (including phenoxy) is 4. The van der Waals surface area contributed by atoms with E-state index in [-0.39, 0.29) is 24.7 Å². The molecule has 0 bridgehead atoms. The summed E-state index contributed by atoms with van der Waals surface area (Å²) in [7, 11) is 0. The summed E-state index contributed by atoms with van der Waals surface area (Å²) in [6.45, 7) is 4.91. The number of carbonyl (C=O) groups excluding carboxylic acids is 1. The quantitative estimate of drug-likeness (QED) is 0.251. The highest BCUT2D eigenvalue weighted by Crippen LogP contribution is 2.25. The lowest BCUT2D eigenvalue weighted by Gasteiger charge is -2.17. The van der Waals surface area contributed by atoms with E-state index < -0.39 is 33.0 Å². The summed E-state index contributed by atoms with van der Waals surface area (Å²) < 4.78 is 21.5. The molecule has 1 saturated heterocycles. The fourth-order valence-corrected chi connectivity index (χ4v) is 2.60. The third kappa shape index (κ3) is 6.51. The van der Waals surface area contributed by atoms with Crippen LogP contribution in [0.2, 0.25) is 0 Å². The van der Waals surface area contributed by atoms with Crippen molar-refractivity contribution in [2.24, 2.45) is 0 Å². The van der Waals surface area contributed by atoms with Gasteiger partial charge in [0.15, 0.2) is 5.79 Å². The van der Waals surface area contributed by atoms with Crippen molar-refractivity contribution in [3.63, 3.8) is 0 Å². The Labute approximate surface area is 160 Å². The predicted octanol–water partition coefficient (Wildman–Crippen LogP) is 2.15. The summed E-state index contributed by atoms with van der Waals surface area (Å²) in [6.07, 6.45) is -0.0389. The van der Waals surface area contributed by atoms with Crippen molar-refractivity contribution in [1.82, 2.24) is 0 Å². The Morgan fingerprint density at radius 3 is 2.61 bits per heavy atom. The van der Waals surface area contributed by atoms with Gasteiger partial charge in [0.25, 0.3) is 11.4 Å². The average molecular weight is 398 g/mol. The first kappa shape index (κ1) is 21.7. The molecule has 0 spiro atoms. The Kier molecular flexibility index (Phi) is 7.38. The number of nitrogens with zero attached hydrogens (tertiary/aromatic N) is 2. The van der Waals surface area contributed by atoms with Gasteiger partial charge in [0.2, 0.25) is 0 Å². The SMILES string of the molecule is CC1(C)OCC(COCCCOC(=O)Cc2ccc([N+](=O)[O-])cc2[N+](=O)[O-])O1. The molecule has 1 aromatic carbocycles. The number of non-ortho nitro benzene ring substituents is 1. The van der Waals surface area contributed by atoms with Crippen molar-refractivity contribution in [3.05, 3.63) is 44.0 Å². The molecule has 28 heavy (non-hydrogen) atoms. The Bertz CT molecular complexity index is 735. The maximum atomic E-state index is 11.9. The highest BCUT2D eigenvalue weighted by Gasteiger charge is 2.32. The number of hydrogen-bond acceptors (Lipinski definition) is 9. The Hall–Kier alpha value is -2.63. The van der Waals surface area contributed by atoms with Gasteiger partial charge in [-0.05, 0) is 19.9 Å². The second-order valence-electron chi connectivity index (χ2n) is 6.60. The minimum atomic E-state index is -0.764. The van der Waals surface area contributed by atoms with E-state index in [0.717, 1.165) is 12.1 Å². The first-order valence-corrected chi connectivity index (χ1v) is 8.65. The van der Waals surface area contributed by atoms with Crippen molar-refractivity contribution >= 4 is 17.3 Å². The van der Waals surface area contributed by atoms with Crippen LogP contribution in [0.15, 0.2) is 18.2 Å². The Morgan fingerprint density at radius 1 is 1.25 bits per heavy atom. The number of carbonyl (C=O) groups is 1. The molecule has 1 aliphatic rings. The molecule has 1 unspecified atom stereocenters. The zero-order valence-corrected chi connectivity index (χ0v) is 15.6. The van der Waals surface area contributed by atoms with Crippen LogP contribution in [-0.2, 0) is 30.2 Å². The average Bonchev–Trinajstić information content (AvgIpc) is 2.96. The van der Waals surface area contributed by atoms with Gasteiger partial charge in [0.1, 0.15) is 6.10 Å². The first-order valence-electron chi connectivity index (χ1n) is 8.65. The van der Waals surface area contributed by atoms with Crippen LogP contribution in [0.25, 0.3) is 0 Å². The first-order chi connectivity index (χ1) is 13.2. The van der Waals surface area contributed by atoms with Gasteiger partial charge >= 0.3 is 5.97 Å². The van der Waals surface area contributed by atoms with Gasteiger partial charge < -0.3 is 18.9 Å². The highest BCUT2D eigenvalue weighted by atomic mass is 16.7. The second-order valence-corrected chi connectivity index (χ2v) is 6.60. The van der Waals surface area contributed by atoms with E-state index in [0.29, 0.717) is 26.2 Å². The molecule has 11 nitrogen and oxygen atoms in total. The summed E-state index contributed by atoms with van der Waals surface area (Å²) in [5.41, 5.74) is -0.852. The molecule has 0 radical (unpaired) electrons. The lowest BCUT2D eigenvalue weighted by atomic mass is 10.1. The summed E-state index contributed by atoms with van der Waals surface area (Å²) >= 11 is 0. The number of nitro benzene ring substituents is 2. The molecule has 1 atom stereocenters. The van der Waals surface area contributed by atoms with Gasteiger partial charge in [0.05, 0.1) is 42.2 Å². The lowest BCUT2D eigenvalue weighted by Crippen LogP contribution is -2.24. The van der Waals surface area contributed by atoms with Crippen LogP contribution in [0.1, 0.15) is 25.8 Å². The fourth-order valence-electron chi connectivity index (χ4n) is 2.60. The zero-order valence-electron chi connectivity index (χ0n) is 15.6. The van der Waals surface area contributed by atoms with E-state index in [2.05, 4.69) is 0 Å². The number of nitro groups is 2. The number of hydrogen-bond donors (Lipinski definition) is 0. The molecule has 154 valence electrons. The second kappa shape index (κ2) is 9.53. The number of benzene rings is 1. The van der Waals surface area contributed by atoms with Crippen LogP contribution >= 0.6 is 0 Å². The minimum absolute atomic E-state index is 0.0536. The van der Waals surface area contributed by atoms with E-state index in [9.17, 15) is 25.0 Å². The van der Waals surface area contributed by atoms with Gasteiger partial charge in [-0.15, -0.1) is 0 Å². The van der Waals surface area contributed by atoms with Crippen molar-refractivity contribution in [3.8, 4) is 0 Å². The summed E-state index contributed by atoms with van der Waals surface area (Å²) in [6, 6.07) is 3.12. The molecule has 1 fully saturated rings. The predicted molar refractivity (Wildman–Crippen MR) is 94.8 cm³/mol. The molecule has 1 aliphatic heterocycles. The van der Waals surface area contributed by atoms with Gasteiger partial charge in [-0.1, -0.05) is 0 Å². The Balaban J connectivity index is 1.70. The molecule has 11 heteroatoms. The van der Waals surface area contributed by atoms with Crippen molar-refractivity contribution in [2.45, 2.75) is 38.6 Å². The lowest BCUT2D eigenvalue weighted by molar-refractivity contribution is -0.394. The van der Waals surface area contributed by atoms with Crippen molar-refractivity contribution in [2.75, 3.05) is 26.4 Å². The monoisotopic (exact) mass is 398 g/mol. The molecule has 0 N–H and O–H groups in total. The fraction of sp³-hybridized carbons (Fsp3) is 0.588. The van der Waals surface area contributed by atoms with Crippen LogP contribution in [0, 0.1) is 20.2 Å². The van der Waals surface area contributed by atoms with Crippen LogP contribution in [-0.4, -0.2) is 54.1 Å². The largest absolute Gasteiger partial charge is 0.465 e. The van der Waals surface area contributed by atoms with Gasteiger partial charge in [-0.25, -0.2) is 0 Å². The standard InChI is InChI=1S/C17H22N2O9/c1-17(2)27-11-14(28-17)10-25-6-3-7-26-16(20)8-12-4-5-13(18(21)22)9-15(12)19(23)24/h4-5,9,14H,3,6-8,10-11H2,1-2H3. The molecule has 1 aromatic rings. The normalized spacial score (nSPS) is 18.0. The number of esters is 1. The molecular formula is C17H22N2O9. The van der Waals surface area contributed by atoms with Gasteiger partial charge in [-0.2, -0.15) is 0 Å². The molecule has 2 rings (SSSR count).